The summed E-state index contributed by atoms with van der Waals surface area (Å²) in [6, 6.07) is 8.27. The van der Waals surface area contributed by atoms with Crippen LogP contribution in [0.4, 0.5) is 5.82 Å². The molecule has 2 saturated heterocycles. The minimum absolute atomic E-state index is 0.0983. The van der Waals surface area contributed by atoms with E-state index in [9.17, 15) is 4.79 Å². The van der Waals surface area contributed by atoms with Crippen LogP contribution in [0.2, 0.25) is 0 Å². The average molecular weight is 411 g/mol. The summed E-state index contributed by atoms with van der Waals surface area (Å²) in [7, 11) is 0. The van der Waals surface area contributed by atoms with Crippen molar-refractivity contribution < 1.29 is 0 Å². The zero-order valence-electron chi connectivity index (χ0n) is 16.3. The van der Waals surface area contributed by atoms with Gasteiger partial charge in [-0.05, 0) is 57.5 Å². The lowest BCUT2D eigenvalue weighted by atomic mass is 9.97. The van der Waals surface area contributed by atoms with Gasteiger partial charge in [-0.1, -0.05) is 12.1 Å². The van der Waals surface area contributed by atoms with Crippen molar-refractivity contribution in [2.45, 2.75) is 37.6 Å². The number of benzene rings is 1. The van der Waals surface area contributed by atoms with Crippen molar-refractivity contribution in [3.63, 3.8) is 0 Å². The van der Waals surface area contributed by atoms with Crippen molar-refractivity contribution in [1.82, 2.24) is 25.6 Å². The maximum absolute atomic E-state index is 13.2. The Morgan fingerprint density at radius 3 is 2.69 bits per heavy atom. The van der Waals surface area contributed by atoms with Crippen LogP contribution in [0.5, 0.6) is 0 Å². The number of thiazole rings is 1. The summed E-state index contributed by atoms with van der Waals surface area (Å²) in [6.07, 6.45) is 4.18. The Labute approximate surface area is 173 Å². The zero-order chi connectivity index (χ0) is 19.6. The van der Waals surface area contributed by atoms with Gasteiger partial charge in [0.1, 0.15) is 22.2 Å². The van der Waals surface area contributed by atoms with Crippen LogP contribution in [-0.2, 0) is 0 Å². The maximum atomic E-state index is 13.2. The second kappa shape index (κ2) is 8.22. The van der Waals surface area contributed by atoms with E-state index in [1.54, 1.807) is 11.3 Å². The molecule has 0 bridgehead atoms. The quantitative estimate of drug-likeness (QED) is 0.528. The monoisotopic (exact) mass is 410 g/mol. The Morgan fingerprint density at radius 1 is 1.03 bits per heavy atom. The smallest absolute Gasteiger partial charge is 0.263 e. The number of nitrogens with zero attached hydrogens (tertiary/aromatic N) is 2. The number of anilines is 1. The third-order valence-electron chi connectivity index (χ3n) is 5.81. The highest BCUT2D eigenvalue weighted by Crippen LogP contribution is 2.33. The van der Waals surface area contributed by atoms with E-state index in [1.807, 2.05) is 24.3 Å². The lowest BCUT2D eigenvalue weighted by Crippen LogP contribution is -2.39. The van der Waals surface area contributed by atoms with Crippen LogP contribution in [0, 0.1) is 0 Å². The summed E-state index contributed by atoms with van der Waals surface area (Å²) in [5, 5.41) is 11.1. The van der Waals surface area contributed by atoms with Gasteiger partial charge >= 0.3 is 0 Å². The van der Waals surface area contributed by atoms with Crippen LogP contribution in [0.1, 0.15) is 37.4 Å². The highest BCUT2D eigenvalue weighted by molar-refractivity contribution is 7.21. The molecule has 2 aliphatic rings. The molecule has 3 aromatic rings. The molecule has 1 aromatic carbocycles. The zero-order valence-corrected chi connectivity index (χ0v) is 17.1. The average Bonchev–Trinajstić information content (AvgIpc) is 3.18. The number of hydrogen-bond donors (Lipinski definition) is 4. The first kappa shape index (κ1) is 18.7. The number of piperidine rings is 2. The lowest BCUT2D eigenvalue weighted by Gasteiger charge is -2.26. The van der Waals surface area contributed by atoms with Gasteiger partial charge in [0.25, 0.3) is 5.56 Å². The minimum Gasteiger partial charge on any atom is -0.365 e. The van der Waals surface area contributed by atoms with Gasteiger partial charge in [0.15, 0.2) is 0 Å². The van der Waals surface area contributed by atoms with E-state index in [-0.39, 0.29) is 11.6 Å². The first-order valence-electron chi connectivity index (χ1n) is 10.5. The van der Waals surface area contributed by atoms with E-state index in [0.717, 1.165) is 72.9 Å². The Bertz CT molecular complexity index is 1020. The molecule has 1 atom stereocenters. The first-order valence-corrected chi connectivity index (χ1v) is 11.3. The number of aromatic amines is 1. The molecule has 0 radical (unpaired) electrons. The molecular weight excluding hydrogens is 384 g/mol. The van der Waals surface area contributed by atoms with Crippen molar-refractivity contribution in [2.75, 3.05) is 31.5 Å². The molecule has 4 heterocycles. The predicted molar refractivity (Wildman–Crippen MR) is 118 cm³/mol. The Balaban J connectivity index is 1.58. The van der Waals surface area contributed by atoms with Gasteiger partial charge in [-0.3, -0.25) is 4.79 Å². The molecule has 5 rings (SSSR count). The second-order valence-electron chi connectivity index (χ2n) is 7.87. The van der Waals surface area contributed by atoms with Crippen molar-refractivity contribution in [3.05, 3.63) is 40.4 Å². The lowest BCUT2D eigenvalue weighted by molar-refractivity contribution is 0.443. The van der Waals surface area contributed by atoms with Crippen molar-refractivity contribution in [2.24, 2.45) is 0 Å². The third-order valence-corrected chi connectivity index (χ3v) is 6.86. The molecule has 2 aromatic heterocycles. The molecule has 1 unspecified atom stereocenters. The molecule has 8 heteroatoms. The van der Waals surface area contributed by atoms with Gasteiger partial charge in [-0.15, -0.1) is 11.3 Å². The van der Waals surface area contributed by atoms with Gasteiger partial charge < -0.3 is 20.9 Å². The topological polar surface area (TPSA) is 94.7 Å². The van der Waals surface area contributed by atoms with E-state index in [2.05, 4.69) is 20.9 Å². The molecule has 4 N–H and O–H groups in total. The van der Waals surface area contributed by atoms with Crippen molar-refractivity contribution >= 4 is 27.4 Å². The van der Waals surface area contributed by atoms with Crippen LogP contribution in [0.25, 0.3) is 20.8 Å². The highest BCUT2D eigenvalue weighted by Gasteiger charge is 2.24. The normalized spacial score (nSPS) is 20.8. The van der Waals surface area contributed by atoms with Crippen LogP contribution in [0.15, 0.2) is 29.1 Å². The number of para-hydroxylation sites is 1. The molecule has 0 saturated carbocycles. The van der Waals surface area contributed by atoms with E-state index >= 15 is 0 Å². The van der Waals surface area contributed by atoms with Crippen molar-refractivity contribution in [1.29, 1.82) is 0 Å². The molecule has 29 heavy (non-hydrogen) atoms. The molecule has 0 amide bonds. The summed E-state index contributed by atoms with van der Waals surface area (Å²) in [5.74, 6) is 1.76. The SMILES string of the molecule is O=c1[nH]c(C2CCNCC2)nc(NC2CCCNC2)c1-c1nc2ccccc2s1. The third kappa shape index (κ3) is 3.92. The fourth-order valence-corrected chi connectivity index (χ4v) is 5.24. The fourth-order valence-electron chi connectivity index (χ4n) is 4.23. The van der Waals surface area contributed by atoms with Gasteiger partial charge in [0.2, 0.25) is 0 Å². The highest BCUT2D eigenvalue weighted by atomic mass is 32.1. The molecule has 0 spiro atoms. The van der Waals surface area contributed by atoms with Crippen LogP contribution < -0.4 is 21.5 Å². The minimum atomic E-state index is -0.0983. The van der Waals surface area contributed by atoms with Crippen molar-refractivity contribution in [3.8, 4) is 10.6 Å². The number of aromatic nitrogens is 3. The second-order valence-corrected chi connectivity index (χ2v) is 8.90. The van der Waals surface area contributed by atoms with E-state index in [1.165, 1.54) is 0 Å². The molecule has 0 aliphatic carbocycles. The summed E-state index contributed by atoms with van der Waals surface area (Å²) < 4.78 is 1.08. The number of nitrogens with one attached hydrogen (secondary N) is 4. The maximum Gasteiger partial charge on any atom is 0.263 e. The number of rotatable bonds is 4. The van der Waals surface area contributed by atoms with Gasteiger partial charge in [0.05, 0.1) is 10.2 Å². The molecule has 2 fully saturated rings. The Kier molecular flexibility index (Phi) is 5.30. The van der Waals surface area contributed by atoms with Gasteiger partial charge in [0, 0.05) is 18.5 Å². The molecular formula is C21H26N6OS. The first-order chi connectivity index (χ1) is 14.3. The molecule has 7 nitrogen and oxygen atoms in total. The number of fused-ring (bicyclic) bond motifs is 1. The summed E-state index contributed by atoms with van der Waals surface area (Å²) >= 11 is 1.55. The largest absolute Gasteiger partial charge is 0.365 e. The van der Waals surface area contributed by atoms with Crippen LogP contribution >= 0.6 is 11.3 Å². The standard InChI is InChI=1S/C21H26N6OS/c28-20-17(21-25-15-5-1-2-6-16(15)29-21)19(24-14-4-3-9-23-12-14)26-18(27-20)13-7-10-22-11-8-13/h1-2,5-6,13-14,22-23H,3-4,7-12H2,(H2,24,26,27,28). The summed E-state index contributed by atoms with van der Waals surface area (Å²) in [6.45, 7) is 3.86. The Hall–Kier alpha value is -2.29. The fraction of sp³-hybridized carbons (Fsp3) is 0.476. The van der Waals surface area contributed by atoms with Gasteiger partial charge in [-0.25, -0.2) is 9.97 Å². The van der Waals surface area contributed by atoms with E-state index in [0.29, 0.717) is 17.3 Å². The number of hydrogen-bond acceptors (Lipinski definition) is 7. The van der Waals surface area contributed by atoms with Crippen LogP contribution in [0.3, 0.4) is 0 Å². The molecule has 152 valence electrons. The van der Waals surface area contributed by atoms with Gasteiger partial charge in [-0.2, -0.15) is 0 Å². The molecule has 2 aliphatic heterocycles. The predicted octanol–water partition coefficient (Wildman–Crippen LogP) is 2.68. The van der Waals surface area contributed by atoms with E-state index < -0.39 is 0 Å². The van der Waals surface area contributed by atoms with Crippen LogP contribution in [-0.4, -0.2) is 47.2 Å². The summed E-state index contributed by atoms with van der Waals surface area (Å²) in [4.78, 5) is 26.0. The van der Waals surface area contributed by atoms with E-state index in [4.69, 9.17) is 9.97 Å². The Morgan fingerprint density at radius 2 is 1.90 bits per heavy atom. The number of H-pyrrole nitrogens is 1. The summed E-state index contributed by atoms with van der Waals surface area (Å²) in [5.41, 5.74) is 1.38.